The van der Waals surface area contributed by atoms with E-state index in [1.54, 1.807) is 12.1 Å². The molecule has 0 fully saturated rings. The third-order valence-electron chi connectivity index (χ3n) is 3.04. The van der Waals surface area contributed by atoms with E-state index in [0.717, 1.165) is 18.4 Å². The van der Waals surface area contributed by atoms with Crippen LogP contribution in [0.2, 0.25) is 0 Å². The zero-order valence-electron chi connectivity index (χ0n) is 12.1. The molecule has 0 aliphatic rings. The van der Waals surface area contributed by atoms with Crippen LogP contribution < -0.4 is 10.6 Å². The number of amides is 2. The zero-order chi connectivity index (χ0) is 15.7. The van der Waals surface area contributed by atoms with Gasteiger partial charge in [-0.15, -0.1) is 0 Å². The Morgan fingerprint density at radius 1 is 1.38 bits per heavy atom. The molecule has 0 aliphatic heterocycles. The van der Waals surface area contributed by atoms with Crippen molar-refractivity contribution in [2.24, 2.45) is 0 Å². The molecule has 0 unspecified atom stereocenters. The van der Waals surface area contributed by atoms with Crippen LogP contribution in [-0.4, -0.2) is 29.7 Å². The van der Waals surface area contributed by atoms with Gasteiger partial charge in [0.15, 0.2) is 0 Å². The van der Waals surface area contributed by atoms with Crippen LogP contribution >= 0.6 is 0 Å². The van der Waals surface area contributed by atoms with Crippen LogP contribution in [0.3, 0.4) is 0 Å². The maximum Gasteiger partial charge on any atom is 0.326 e. The summed E-state index contributed by atoms with van der Waals surface area (Å²) in [7, 11) is 0. The van der Waals surface area contributed by atoms with Crippen molar-refractivity contribution in [3.8, 4) is 0 Å². The van der Waals surface area contributed by atoms with Gasteiger partial charge in [0.05, 0.1) is 0 Å². The highest BCUT2D eigenvalue weighted by atomic mass is 19.1. The molecule has 5 nitrogen and oxygen atoms in total. The Morgan fingerprint density at radius 2 is 2.14 bits per heavy atom. The number of urea groups is 1. The highest BCUT2D eigenvalue weighted by molar-refractivity contribution is 5.82. The lowest BCUT2D eigenvalue weighted by Crippen LogP contribution is -2.46. The number of hydrogen-bond acceptors (Lipinski definition) is 2. The molecule has 0 aromatic heterocycles. The number of unbranched alkanes of at least 4 members (excludes halogenated alkanes) is 1. The van der Waals surface area contributed by atoms with E-state index in [-0.39, 0.29) is 5.82 Å². The number of benzene rings is 1. The molecule has 1 rings (SSSR count). The molecule has 0 heterocycles. The number of carbonyl (C=O) groups is 2. The van der Waals surface area contributed by atoms with Crippen LogP contribution in [0.5, 0.6) is 0 Å². The Bertz CT molecular complexity index is 480. The van der Waals surface area contributed by atoms with Crippen molar-refractivity contribution in [3.63, 3.8) is 0 Å². The standard InChI is InChI=1S/C15H21FN2O3/c1-2-3-7-13(14(19)20)18-15(21)17-9-8-11-5-4-6-12(16)10-11/h4-6,10,13H,2-3,7-9H2,1H3,(H,19,20)(H2,17,18,21)/t13-/m0/s1. The molecule has 0 aliphatic carbocycles. The first-order chi connectivity index (χ1) is 10.0. The second-order valence-electron chi connectivity index (χ2n) is 4.81. The van der Waals surface area contributed by atoms with Crippen LogP contribution in [0.1, 0.15) is 31.7 Å². The lowest BCUT2D eigenvalue weighted by Gasteiger charge is -2.14. The van der Waals surface area contributed by atoms with E-state index in [1.807, 2.05) is 6.92 Å². The highest BCUT2D eigenvalue weighted by Gasteiger charge is 2.18. The first-order valence-corrected chi connectivity index (χ1v) is 7.04. The minimum Gasteiger partial charge on any atom is -0.480 e. The summed E-state index contributed by atoms with van der Waals surface area (Å²) in [6.07, 6.45) is 2.49. The van der Waals surface area contributed by atoms with Crippen molar-refractivity contribution in [2.45, 2.75) is 38.6 Å². The number of carboxylic acids is 1. The molecule has 0 saturated heterocycles. The first kappa shape index (κ1) is 16.9. The Kier molecular flexibility index (Phi) is 7.21. The second kappa shape index (κ2) is 8.94. The van der Waals surface area contributed by atoms with Gasteiger partial charge in [0.1, 0.15) is 11.9 Å². The monoisotopic (exact) mass is 296 g/mol. The van der Waals surface area contributed by atoms with Gasteiger partial charge in [-0.2, -0.15) is 0 Å². The fraction of sp³-hybridized carbons (Fsp3) is 0.467. The fourth-order valence-corrected chi connectivity index (χ4v) is 1.89. The molecule has 21 heavy (non-hydrogen) atoms. The molecule has 0 spiro atoms. The van der Waals surface area contributed by atoms with Crippen LogP contribution in [0.15, 0.2) is 24.3 Å². The number of carbonyl (C=O) groups excluding carboxylic acids is 1. The Morgan fingerprint density at radius 3 is 2.76 bits per heavy atom. The molecule has 116 valence electrons. The Labute approximate surface area is 123 Å². The maximum atomic E-state index is 13.0. The lowest BCUT2D eigenvalue weighted by molar-refractivity contribution is -0.139. The summed E-state index contributed by atoms with van der Waals surface area (Å²) >= 11 is 0. The molecule has 0 bridgehead atoms. The average molecular weight is 296 g/mol. The predicted molar refractivity (Wildman–Crippen MR) is 77.6 cm³/mol. The molecule has 1 aromatic carbocycles. The summed E-state index contributed by atoms with van der Waals surface area (Å²) in [5.74, 6) is -1.36. The number of rotatable bonds is 8. The van der Waals surface area contributed by atoms with E-state index in [2.05, 4.69) is 10.6 Å². The molecule has 0 saturated carbocycles. The van der Waals surface area contributed by atoms with Gasteiger partial charge in [0, 0.05) is 6.54 Å². The van der Waals surface area contributed by atoms with E-state index < -0.39 is 18.0 Å². The smallest absolute Gasteiger partial charge is 0.326 e. The summed E-state index contributed by atoms with van der Waals surface area (Å²) in [4.78, 5) is 22.6. The predicted octanol–water partition coefficient (Wildman–Crippen LogP) is 2.31. The van der Waals surface area contributed by atoms with Crippen LogP contribution in [0.4, 0.5) is 9.18 Å². The molecule has 3 N–H and O–H groups in total. The number of hydrogen-bond donors (Lipinski definition) is 3. The summed E-state index contributed by atoms with van der Waals surface area (Å²) < 4.78 is 13.0. The normalized spacial score (nSPS) is 11.7. The SMILES string of the molecule is CCCC[C@H](NC(=O)NCCc1cccc(F)c1)C(=O)O. The van der Waals surface area contributed by atoms with Crippen LogP contribution in [0, 0.1) is 5.82 Å². The van der Waals surface area contributed by atoms with Gasteiger partial charge < -0.3 is 15.7 Å². The Hall–Kier alpha value is -2.11. The largest absolute Gasteiger partial charge is 0.480 e. The zero-order valence-corrected chi connectivity index (χ0v) is 12.1. The fourth-order valence-electron chi connectivity index (χ4n) is 1.89. The van der Waals surface area contributed by atoms with Crippen molar-refractivity contribution in [3.05, 3.63) is 35.6 Å². The quantitative estimate of drug-likeness (QED) is 0.689. The van der Waals surface area contributed by atoms with Gasteiger partial charge in [-0.3, -0.25) is 0 Å². The molecular formula is C15H21FN2O3. The molecular weight excluding hydrogens is 275 g/mol. The van der Waals surface area contributed by atoms with E-state index in [4.69, 9.17) is 5.11 Å². The van der Waals surface area contributed by atoms with Crippen molar-refractivity contribution < 1.29 is 19.1 Å². The first-order valence-electron chi connectivity index (χ1n) is 7.04. The van der Waals surface area contributed by atoms with Crippen LogP contribution in [-0.2, 0) is 11.2 Å². The maximum absolute atomic E-state index is 13.0. The summed E-state index contributed by atoms with van der Waals surface area (Å²) in [6, 6.07) is 4.74. The Balaban J connectivity index is 2.34. The molecule has 0 radical (unpaired) electrons. The van der Waals surface area contributed by atoms with Crippen molar-refractivity contribution >= 4 is 12.0 Å². The molecule has 1 atom stereocenters. The van der Waals surface area contributed by atoms with Gasteiger partial charge in [-0.05, 0) is 30.5 Å². The second-order valence-corrected chi connectivity index (χ2v) is 4.81. The highest BCUT2D eigenvalue weighted by Crippen LogP contribution is 2.04. The summed E-state index contributed by atoms with van der Waals surface area (Å²) in [5.41, 5.74) is 0.774. The number of halogens is 1. The topological polar surface area (TPSA) is 78.4 Å². The third-order valence-corrected chi connectivity index (χ3v) is 3.04. The van der Waals surface area contributed by atoms with Crippen LogP contribution in [0.25, 0.3) is 0 Å². The lowest BCUT2D eigenvalue weighted by atomic mass is 10.1. The van der Waals surface area contributed by atoms with Gasteiger partial charge in [0.2, 0.25) is 0 Å². The minimum atomic E-state index is -1.04. The van der Waals surface area contributed by atoms with Gasteiger partial charge in [-0.1, -0.05) is 31.9 Å². The number of carboxylic acid groups (broad SMARTS) is 1. The van der Waals surface area contributed by atoms with Gasteiger partial charge >= 0.3 is 12.0 Å². The van der Waals surface area contributed by atoms with Gasteiger partial charge in [-0.25, -0.2) is 14.0 Å². The van der Waals surface area contributed by atoms with E-state index >= 15 is 0 Å². The van der Waals surface area contributed by atoms with E-state index in [9.17, 15) is 14.0 Å². The van der Waals surface area contributed by atoms with Crippen molar-refractivity contribution in [2.75, 3.05) is 6.54 Å². The summed E-state index contributed by atoms with van der Waals surface area (Å²) in [6.45, 7) is 2.27. The summed E-state index contributed by atoms with van der Waals surface area (Å²) in [5, 5.41) is 14.0. The average Bonchev–Trinajstić information content (AvgIpc) is 2.43. The van der Waals surface area contributed by atoms with Crippen molar-refractivity contribution in [1.82, 2.24) is 10.6 Å². The number of nitrogens with one attached hydrogen (secondary N) is 2. The number of aliphatic carboxylic acids is 1. The van der Waals surface area contributed by atoms with E-state index in [0.29, 0.717) is 19.4 Å². The minimum absolute atomic E-state index is 0.315. The van der Waals surface area contributed by atoms with E-state index in [1.165, 1.54) is 12.1 Å². The molecule has 2 amide bonds. The van der Waals surface area contributed by atoms with Gasteiger partial charge in [0.25, 0.3) is 0 Å². The van der Waals surface area contributed by atoms with Crippen molar-refractivity contribution in [1.29, 1.82) is 0 Å². The molecule has 6 heteroatoms. The third kappa shape index (κ3) is 6.74. The molecule has 1 aromatic rings.